The zero-order valence-electron chi connectivity index (χ0n) is 10.8. The first kappa shape index (κ1) is 16.1. The van der Waals surface area contributed by atoms with E-state index in [1.54, 1.807) is 18.2 Å². The molecule has 21 heavy (non-hydrogen) atoms. The van der Waals surface area contributed by atoms with Crippen LogP contribution in [-0.4, -0.2) is 45.7 Å². The average molecular weight is 353 g/mol. The van der Waals surface area contributed by atoms with Gasteiger partial charge in [0.1, 0.15) is 5.69 Å². The van der Waals surface area contributed by atoms with Crippen LogP contribution in [0.2, 0.25) is 0 Å². The Morgan fingerprint density at radius 3 is 2.24 bits per heavy atom. The molecule has 114 valence electrons. The predicted molar refractivity (Wildman–Crippen MR) is 82.2 cm³/mol. The van der Waals surface area contributed by atoms with Gasteiger partial charge in [0, 0.05) is 32.2 Å². The molecule has 1 aromatic carbocycles. The number of para-hydroxylation sites is 2. The lowest BCUT2D eigenvalue weighted by Gasteiger charge is -2.36. The minimum absolute atomic E-state index is 0.0404. The first-order valence-corrected chi connectivity index (χ1v) is 7.28. The molecule has 1 heterocycles. The van der Waals surface area contributed by atoms with E-state index in [1.165, 1.54) is 11.0 Å². The number of nitro groups is 1. The van der Waals surface area contributed by atoms with E-state index in [9.17, 15) is 14.9 Å². The van der Waals surface area contributed by atoms with Crippen molar-refractivity contribution >= 4 is 52.1 Å². The summed E-state index contributed by atoms with van der Waals surface area (Å²) >= 11 is 16.7. The fraction of sp³-hybridized carbons (Fsp3) is 0.417. The van der Waals surface area contributed by atoms with E-state index in [0.29, 0.717) is 31.9 Å². The molecule has 1 aliphatic heterocycles. The lowest BCUT2D eigenvalue weighted by molar-refractivity contribution is -0.384. The molecule has 1 aliphatic rings. The lowest BCUT2D eigenvalue weighted by atomic mass is 10.2. The van der Waals surface area contributed by atoms with Gasteiger partial charge in [0.2, 0.25) is 0 Å². The molecule has 0 atom stereocenters. The maximum atomic E-state index is 11.8. The van der Waals surface area contributed by atoms with Crippen molar-refractivity contribution in [1.29, 1.82) is 0 Å². The highest BCUT2D eigenvalue weighted by atomic mass is 35.6. The van der Waals surface area contributed by atoms with Crippen LogP contribution in [0.25, 0.3) is 0 Å². The molecule has 0 aromatic heterocycles. The molecule has 9 heteroatoms. The van der Waals surface area contributed by atoms with Crippen LogP contribution in [0.5, 0.6) is 0 Å². The first-order chi connectivity index (χ1) is 9.80. The average Bonchev–Trinajstić information content (AvgIpc) is 2.45. The Kier molecular flexibility index (Phi) is 4.81. The van der Waals surface area contributed by atoms with Gasteiger partial charge in [-0.25, -0.2) is 0 Å². The first-order valence-electron chi connectivity index (χ1n) is 6.15. The third kappa shape index (κ3) is 3.70. The minimum Gasteiger partial charge on any atom is -0.362 e. The summed E-state index contributed by atoms with van der Waals surface area (Å²) in [7, 11) is 0. The Morgan fingerprint density at radius 2 is 1.71 bits per heavy atom. The van der Waals surface area contributed by atoms with Crippen molar-refractivity contribution in [2.45, 2.75) is 3.79 Å². The summed E-state index contributed by atoms with van der Waals surface area (Å²) in [6, 6.07) is 6.49. The number of nitro benzene ring substituents is 1. The normalized spacial score (nSPS) is 16.0. The third-order valence-electron chi connectivity index (χ3n) is 3.23. The van der Waals surface area contributed by atoms with E-state index >= 15 is 0 Å². The van der Waals surface area contributed by atoms with Crippen LogP contribution < -0.4 is 4.90 Å². The predicted octanol–water partition coefficient (Wildman–Crippen LogP) is 2.61. The SMILES string of the molecule is O=C(N1CCN(c2ccccc2[N+](=O)[O-])CC1)C(Cl)(Cl)Cl. The van der Waals surface area contributed by atoms with Crippen LogP contribution in [0, 0.1) is 10.1 Å². The van der Waals surface area contributed by atoms with Crippen LogP contribution in [0.15, 0.2) is 24.3 Å². The Hall–Kier alpha value is -1.24. The highest BCUT2D eigenvalue weighted by Gasteiger charge is 2.36. The van der Waals surface area contributed by atoms with E-state index in [-0.39, 0.29) is 5.69 Å². The van der Waals surface area contributed by atoms with Crippen LogP contribution in [0.1, 0.15) is 0 Å². The van der Waals surface area contributed by atoms with E-state index in [4.69, 9.17) is 34.8 Å². The number of nitrogens with zero attached hydrogens (tertiary/aromatic N) is 3. The number of carbonyl (C=O) groups excluding carboxylic acids is 1. The third-order valence-corrected chi connectivity index (χ3v) is 3.71. The van der Waals surface area contributed by atoms with Gasteiger partial charge in [0.15, 0.2) is 0 Å². The van der Waals surface area contributed by atoms with Gasteiger partial charge in [-0.1, -0.05) is 46.9 Å². The maximum absolute atomic E-state index is 11.8. The lowest BCUT2D eigenvalue weighted by Crippen LogP contribution is -2.51. The number of hydrogen-bond donors (Lipinski definition) is 0. The highest BCUT2D eigenvalue weighted by Crippen LogP contribution is 2.31. The number of carbonyl (C=O) groups is 1. The zero-order valence-corrected chi connectivity index (χ0v) is 13.1. The van der Waals surface area contributed by atoms with Crippen molar-refractivity contribution in [2.24, 2.45) is 0 Å². The molecular formula is C12H12Cl3N3O3. The summed E-state index contributed by atoms with van der Waals surface area (Å²) in [5.74, 6) is -0.574. The fourth-order valence-electron chi connectivity index (χ4n) is 2.22. The fourth-order valence-corrected chi connectivity index (χ4v) is 2.57. The van der Waals surface area contributed by atoms with E-state index in [2.05, 4.69) is 0 Å². The van der Waals surface area contributed by atoms with Crippen molar-refractivity contribution in [3.8, 4) is 0 Å². The molecule has 0 N–H and O–H groups in total. The second-order valence-electron chi connectivity index (χ2n) is 4.52. The number of hydrogen-bond acceptors (Lipinski definition) is 4. The Morgan fingerprint density at radius 1 is 1.14 bits per heavy atom. The topological polar surface area (TPSA) is 66.7 Å². The zero-order chi connectivity index (χ0) is 15.6. The van der Waals surface area contributed by atoms with Crippen molar-refractivity contribution < 1.29 is 9.72 Å². The van der Waals surface area contributed by atoms with Gasteiger partial charge in [-0.2, -0.15) is 0 Å². The summed E-state index contributed by atoms with van der Waals surface area (Å²) in [6.07, 6.45) is 0. The molecule has 1 aromatic rings. The summed E-state index contributed by atoms with van der Waals surface area (Å²) < 4.78 is -1.97. The molecule has 1 amide bonds. The second-order valence-corrected chi connectivity index (χ2v) is 6.80. The molecule has 0 aliphatic carbocycles. The summed E-state index contributed by atoms with van der Waals surface area (Å²) in [5, 5.41) is 11.0. The number of rotatable bonds is 2. The van der Waals surface area contributed by atoms with Gasteiger partial charge in [0.05, 0.1) is 4.92 Å². The monoisotopic (exact) mass is 351 g/mol. The number of amides is 1. The molecule has 2 rings (SSSR count). The Labute approximate surface area is 136 Å². The van der Waals surface area contributed by atoms with Crippen LogP contribution in [-0.2, 0) is 4.79 Å². The molecule has 0 radical (unpaired) electrons. The number of benzene rings is 1. The van der Waals surface area contributed by atoms with Crippen LogP contribution in [0.4, 0.5) is 11.4 Å². The minimum atomic E-state index is -1.97. The molecule has 6 nitrogen and oxygen atoms in total. The molecule has 0 spiro atoms. The largest absolute Gasteiger partial charge is 0.362 e. The standard InChI is InChI=1S/C12H12Cl3N3O3/c13-12(14,15)11(19)17-7-5-16(6-8-17)9-3-1-2-4-10(9)18(20)21/h1-4H,5-8H2. The molecule has 0 unspecified atom stereocenters. The number of halogens is 3. The van der Waals surface area contributed by atoms with Gasteiger partial charge >= 0.3 is 0 Å². The second kappa shape index (κ2) is 6.25. The Balaban J connectivity index is 2.09. The molecular weight excluding hydrogens is 341 g/mol. The van der Waals surface area contributed by atoms with Crippen LogP contribution in [0.3, 0.4) is 0 Å². The summed E-state index contributed by atoms with van der Waals surface area (Å²) in [4.78, 5) is 25.7. The highest BCUT2D eigenvalue weighted by molar-refractivity contribution is 6.76. The molecule has 0 bridgehead atoms. The van der Waals surface area contributed by atoms with Gasteiger partial charge in [-0.15, -0.1) is 0 Å². The van der Waals surface area contributed by atoms with E-state index < -0.39 is 14.6 Å². The number of anilines is 1. The smallest absolute Gasteiger partial charge is 0.292 e. The summed E-state index contributed by atoms with van der Waals surface area (Å²) in [5.41, 5.74) is 0.571. The molecule has 1 saturated heterocycles. The molecule has 1 fully saturated rings. The van der Waals surface area contributed by atoms with Crippen LogP contribution >= 0.6 is 34.8 Å². The summed E-state index contributed by atoms with van der Waals surface area (Å²) in [6.45, 7) is 1.58. The van der Waals surface area contributed by atoms with Gasteiger partial charge in [0.25, 0.3) is 15.4 Å². The molecule has 0 saturated carbocycles. The van der Waals surface area contributed by atoms with Crippen molar-refractivity contribution in [3.63, 3.8) is 0 Å². The van der Waals surface area contributed by atoms with E-state index in [1.807, 2.05) is 4.90 Å². The van der Waals surface area contributed by atoms with Gasteiger partial charge in [-0.3, -0.25) is 14.9 Å². The number of piperazine rings is 1. The quantitative estimate of drug-likeness (QED) is 0.466. The van der Waals surface area contributed by atoms with Gasteiger partial charge in [-0.05, 0) is 6.07 Å². The maximum Gasteiger partial charge on any atom is 0.292 e. The number of alkyl halides is 3. The van der Waals surface area contributed by atoms with E-state index in [0.717, 1.165) is 0 Å². The van der Waals surface area contributed by atoms with Crippen molar-refractivity contribution in [1.82, 2.24) is 4.90 Å². The van der Waals surface area contributed by atoms with Gasteiger partial charge < -0.3 is 9.80 Å². The Bertz CT molecular complexity index is 554. The van der Waals surface area contributed by atoms with Crippen molar-refractivity contribution in [2.75, 3.05) is 31.1 Å². The van der Waals surface area contributed by atoms with Crippen molar-refractivity contribution in [3.05, 3.63) is 34.4 Å².